The summed E-state index contributed by atoms with van der Waals surface area (Å²) in [6, 6.07) is 9.44. The molecule has 192 valence electrons. The van der Waals surface area contributed by atoms with Crippen LogP contribution in [-0.4, -0.2) is 45.0 Å². The highest BCUT2D eigenvalue weighted by atomic mass is 35.5. The summed E-state index contributed by atoms with van der Waals surface area (Å²) < 4.78 is 16.0. The number of likely N-dealkylation sites (tertiary alicyclic amines) is 1. The minimum Gasteiger partial charge on any atom is -0.350 e. The first-order valence-corrected chi connectivity index (χ1v) is 12.4. The Balaban J connectivity index is 1.37. The molecule has 1 aliphatic heterocycles. The quantitative estimate of drug-likeness (QED) is 0.112. The van der Waals surface area contributed by atoms with Gasteiger partial charge in [-0.05, 0) is 43.9 Å². The molecule has 0 radical (unpaired) electrons. The van der Waals surface area contributed by atoms with Gasteiger partial charge in [0.05, 0.1) is 10.5 Å². The molecule has 1 aromatic heterocycles. The zero-order valence-corrected chi connectivity index (χ0v) is 21.0. The van der Waals surface area contributed by atoms with Crippen LogP contribution in [0.15, 0.2) is 42.6 Å². The van der Waals surface area contributed by atoms with Gasteiger partial charge >= 0.3 is 5.84 Å². The minimum atomic E-state index is -0.635. The zero-order chi connectivity index (χ0) is 26.4. The van der Waals surface area contributed by atoms with E-state index in [0.29, 0.717) is 23.3 Å². The van der Waals surface area contributed by atoms with E-state index in [1.165, 1.54) is 13.0 Å². The molecule has 0 spiro atoms. The summed E-state index contributed by atoms with van der Waals surface area (Å²) in [5, 5.41) is 5.99. The van der Waals surface area contributed by atoms with Gasteiger partial charge in [-0.2, -0.15) is 0 Å². The van der Waals surface area contributed by atoms with Gasteiger partial charge in [0, 0.05) is 35.3 Å². The Morgan fingerprint density at radius 1 is 1.24 bits per heavy atom. The molecule has 9 nitrogen and oxygen atoms in total. The molecule has 1 saturated heterocycles. The number of ketones is 1. The van der Waals surface area contributed by atoms with E-state index in [1.54, 1.807) is 27.8 Å². The van der Waals surface area contributed by atoms with E-state index in [1.807, 2.05) is 18.2 Å². The van der Waals surface area contributed by atoms with Crippen LogP contribution in [0.5, 0.6) is 0 Å². The summed E-state index contributed by atoms with van der Waals surface area (Å²) in [5.41, 5.74) is 6.08. The Morgan fingerprint density at radius 3 is 2.76 bits per heavy atom. The van der Waals surface area contributed by atoms with Gasteiger partial charge in [0.15, 0.2) is 5.78 Å². The molecule has 1 unspecified atom stereocenters. The monoisotopic (exact) mass is 526 g/mol. The second-order valence-electron chi connectivity index (χ2n) is 9.63. The predicted molar refractivity (Wildman–Crippen MR) is 134 cm³/mol. The third kappa shape index (κ3) is 4.58. The molecule has 5 rings (SSSR count). The molecular formula is C26H28ClFN6O3+2. The first-order chi connectivity index (χ1) is 17.7. The van der Waals surface area contributed by atoms with Crippen molar-refractivity contribution in [3.8, 4) is 0 Å². The summed E-state index contributed by atoms with van der Waals surface area (Å²) in [6.45, 7) is 1.42. The Labute approximate surface area is 217 Å². The number of carbonyl (C=O) groups is 3. The number of benzene rings is 2. The fraction of sp³-hybridized carbons (Fsp3) is 0.308. The number of Topliss-reactive ketones (excluding diaryl/α,β-unsaturated/α-hetero) is 1. The van der Waals surface area contributed by atoms with Gasteiger partial charge < -0.3 is 14.8 Å². The zero-order valence-electron chi connectivity index (χ0n) is 20.3. The van der Waals surface area contributed by atoms with Crippen LogP contribution in [0.1, 0.15) is 41.3 Å². The van der Waals surface area contributed by atoms with Gasteiger partial charge in [0.2, 0.25) is 11.8 Å². The van der Waals surface area contributed by atoms with Crippen molar-refractivity contribution in [2.45, 2.75) is 44.9 Å². The van der Waals surface area contributed by atoms with Crippen molar-refractivity contribution in [1.82, 2.24) is 14.8 Å². The van der Waals surface area contributed by atoms with Gasteiger partial charge in [0.25, 0.3) is 0 Å². The summed E-state index contributed by atoms with van der Waals surface area (Å²) in [6.07, 6.45) is 3.10. The maximum Gasteiger partial charge on any atom is 0.391 e. The van der Waals surface area contributed by atoms with Crippen LogP contribution in [0.4, 0.5) is 4.39 Å². The van der Waals surface area contributed by atoms with Crippen LogP contribution in [-0.2, 0) is 22.7 Å². The summed E-state index contributed by atoms with van der Waals surface area (Å²) in [5.74, 6) is 5.06. The lowest BCUT2D eigenvalue weighted by molar-refractivity contribution is -0.512. The Kier molecular flexibility index (Phi) is 6.47. The molecular weight excluding hydrogens is 499 g/mol. The number of quaternary nitrogens is 1. The molecule has 2 heterocycles. The fourth-order valence-corrected chi connectivity index (χ4v) is 5.43. The van der Waals surface area contributed by atoms with Gasteiger partial charge in [-0.15, -0.1) is 0 Å². The van der Waals surface area contributed by atoms with Gasteiger partial charge in [-0.25, -0.2) is 10.2 Å². The van der Waals surface area contributed by atoms with Crippen LogP contribution < -0.4 is 22.0 Å². The lowest BCUT2D eigenvalue weighted by Crippen LogP contribution is -2.90. The Hall–Kier alpha value is -3.76. The summed E-state index contributed by atoms with van der Waals surface area (Å²) >= 11 is 5.84. The third-order valence-electron chi connectivity index (χ3n) is 7.27. The molecule has 0 bridgehead atoms. The number of nitrogens with two attached hydrogens (primary N) is 1. The first-order valence-electron chi connectivity index (χ1n) is 12.0. The van der Waals surface area contributed by atoms with Crippen LogP contribution in [0.25, 0.3) is 10.9 Å². The number of rotatable bonds is 7. The minimum absolute atomic E-state index is 0.0106. The number of amides is 2. The molecule has 7 N–H and O–H groups in total. The van der Waals surface area contributed by atoms with Crippen molar-refractivity contribution >= 4 is 45.9 Å². The fourth-order valence-electron chi connectivity index (χ4n) is 5.24. The number of fused-ring (bicyclic) bond motifs is 2. The number of nitrogens with zero attached hydrogens (tertiary/aromatic N) is 2. The molecule has 2 aromatic carbocycles. The van der Waals surface area contributed by atoms with E-state index in [4.69, 9.17) is 17.4 Å². The predicted octanol–water partition coefficient (Wildman–Crippen LogP) is -0.115. The number of piperidine rings is 1. The van der Waals surface area contributed by atoms with Crippen molar-refractivity contribution in [3.05, 3.63) is 70.1 Å². The number of halogens is 2. The van der Waals surface area contributed by atoms with Gasteiger partial charge in [0.1, 0.15) is 24.0 Å². The van der Waals surface area contributed by atoms with Crippen molar-refractivity contribution in [2.24, 2.45) is 11.8 Å². The molecule has 1 saturated carbocycles. The number of amidine groups is 1. The second-order valence-corrected chi connectivity index (χ2v) is 10.0. The molecule has 3 aromatic rings. The Morgan fingerprint density at radius 2 is 2.03 bits per heavy atom. The number of carbonyl (C=O) groups excluding carboxylic acids is 3. The normalized spacial score (nSPS) is 20.7. The van der Waals surface area contributed by atoms with E-state index in [-0.39, 0.29) is 53.2 Å². The van der Waals surface area contributed by atoms with Crippen LogP contribution in [0.2, 0.25) is 5.02 Å². The highest BCUT2D eigenvalue weighted by molar-refractivity contribution is 6.30. The number of nitrogens with one attached hydrogen (secondary N) is 2. The van der Waals surface area contributed by atoms with Crippen LogP contribution in [0.3, 0.4) is 0 Å². The van der Waals surface area contributed by atoms with E-state index in [2.05, 4.69) is 16.2 Å². The Bertz CT molecular complexity index is 1470. The molecule has 2 amide bonds. The maximum absolute atomic E-state index is 14.2. The largest absolute Gasteiger partial charge is 0.391 e. The smallest absolute Gasteiger partial charge is 0.350 e. The average Bonchev–Trinajstić information content (AvgIpc) is 3.39. The molecule has 11 heteroatoms. The number of hydrazone groups is 1. The lowest BCUT2D eigenvalue weighted by Gasteiger charge is -2.27. The molecule has 37 heavy (non-hydrogen) atoms. The third-order valence-corrected chi connectivity index (χ3v) is 7.56. The first kappa shape index (κ1) is 24.9. The average molecular weight is 527 g/mol. The van der Waals surface area contributed by atoms with Gasteiger partial charge in [-0.1, -0.05) is 34.9 Å². The van der Waals surface area contributed by atoms with E-state index in [9.17, 15) is 18.8 Å². The van der Waals surface area contributed by atoms with Crippen molar-refractivity contribution in [2.75, 3.05) is 0 Å². The van der Waals surface area contributed by atoms with Crippen molar-refractivity contribution in [1.29, 1.82) is 0 Å². The van der Waals surface area contributed by atoms with Crippen molar-refractivity contribution < 1.29 is 29.6 Å². The molecule has 1 aliphatic carbocycles. The van der Waals surface area contributed by atoms with E-state index >= 15 is 0 Å². The standard InChI is InChI=1S/C26H26ClFN6O3/c1-13(35)18-11-33(21-7-14(25(29)32-30)5-6-17(18)21)12-23(36)34-20-8-16(20)9-22(34)26(37)31-10-15-3-2-4-19(27)24(15)28/h2-7,11,16,20,22H,8-10,12,30H2,1H3,(H2,29,32)(H,31,37)/p+2/t16?,20-,22+/m1/s1. The van der Waals surface area contributed by atoms with E-state index in [0.717, 1.165) is 17.4 Å². The molecule has 2 fully saturated rings. The highest BCUT2D eigenvalue weighted by Gasteiger charge is 2.55. The van der Waals surface area contributed by atoms with Gasteiger partial charge in [-0.3, -0.25) is 20.1 Å². The van der Waals surface area contributed by atoms with Crippen LogP contribution >= 0.6 is 11.6 Å². The summed E-state index contributed by atoms with van der Waals surface area (Å²) in [7, 11) is 0. The van der Waals surface area contributed by atoms with Crippen molar-refractivity contribution in [3.63, 3.8) is 0 Å². The number of hydrogen-bond acceptors (Lipinski definition) is 4. The highest BCUT2D eigenvalue weighted by Crippen LogP contribution is 2.48. The number of hydrazine groups is 1. The molecule has 2 aliphatic rings. The summed E-state index contributed by atoms with van der Waals surface area (Å²) in [4.78, 5) is 40.5. The SMILES string of the molecule is CC(=O)c1cn(CC(=O)N2[C@@H]3CC3C[C@H]2C(=O)NCc2cccc(Cl)c2F)c2cc(/C([NH3+])=[NH+]/N)ccc12. The topological polar surface area (TPSA) is 139 Å². The maximum atomic E-state index is 14.2. The number of hydrogen-bond donors (Lipinski definition) is 4. The number of aromatic nitrogens is 1. The second kappa shape index (κ2) is 9.60. The van der Waals surface area contributed by atoms with Crippen LogP contribution in [0, 0.1) is 11.7 Å². The van der Waals surface area contributed by atoms with E-state index < -0.39 is 11.9 Å². The molecule has 3 atom stereocenters. The lowest BCUT2D eigenvalue weighted by atomic mass is 10.1.